The lowest BCUT2D eigenvalue weighted by Crippen LogP contribution is -2.34. The molecule has 0 spiro atoms. The molecule has 8 atom stereocenters. The van der Waals surface area contributed by atoms with Crippen molar-refractivity contribution in [3.8, 4) is 92.5 Å². The van der Waals surface area contributed by atoms with Gasteiger partial charge in [-0.05, 0) is 76.1 Å². The van der Waals surface area contributed by atoms with E-state index in [2.05, 4.69) is 132 Å². The van der Waals surface area contributed by atoms with Crippen LogP contribution in [-0.2, 0) is 78.8 Å². The van der Waals surface area contributed by atoms with Crippen molar-refractivity contribution in [2.45, 2.75) is 163 Å². The summed E-state index contributed by atoms with van der Waals surface area (Å²) in [6, 6.07) is 3.10. The fourth-order valence-corrected chi connectivity index (χ4v) is 13.8. The summed E-state index contributed by atoms with van der Waals surface area (Å²) >= 11 is 0. The SMILES string of the molecule is C#CCCOP(C)(=O)CP(=O)(OCCC#C)OCC(CO)OCC#C.[2H]CC(COC(=O)CCC(=O)OC)OCC#C.[2H]CC(COP(OCCC#C)N(C(C)C)C(C)C)OCC#C.[2H]CC(COP(OCCC#N)N(C(C)C)C(C)C)OCC#C.[3H]OC.[3H]OC.[3H]OC. The highest BCUT2D eigenvalue weighted by atomic mass is 31.2. The first-order valence-electron chi connectivity index (χ1n) is 30.8. The van der Waals surface area contributed by atoms with Crippen molar-refractivity contribution >= 4 is 44.0 Å². The highest BCUT2D eigenvalue weighted by Crippen LogP contribution is 2.62. The second-order valence-electron chi connectivity index (χ2n) is 17.9. The topological polar surface area (TPSA) is 299 Å². The molecule has 512 valence electrons. The number of aliphatic hydroxyl groups excluding tert-OH is 4. The third kappa shape index (κ3) is 63.9. The maximum absolute atomic E-state index is 12.8. The number of carbonyl (C=O) groups excluding carboxylic acids is 2. The van der Waals surface area contributed by atoms with Crippen LogP contribution in [0.25, 0.3) is 0 Å². The van der Waals surface area contributed by atoms with Gasteiger partial charge in [-0.15, -0.1) is 62.7 Å². The summed E-state index contributed by atoms with van der Waals surface area (Å²) in [6.45, 7) is 19.2. The average molecular weight is 1350 g/mol. The Bertz CT molecular complexity index is 2200. The molecule has 0 aliphatic carbocycles. The Morgan fingerprint density at radius 1 is 0.562 bits per heavy atom. The van der Waals surface area contributed by atoms with Gasteiger partial charge in [-0.25, -0.2) is 9.34 Å². The number of esters is 2. The Balaban J connectivity index is -0.000000209. The van der Waals surface area contributed by atoms with Crippen LogP contribution in [0.1, 0.15) is 119 Å². The Morgan fingerprint density at radius 2 is 0.933 bits per heavy atom. The number of hydrogen-bond donors (Lipinski definition) is 4. The van der Waals surface area contributed by atoms with Crippen molar-refractivity contribution in [3.05, 3.63) is 0 Å². The van der Waals surface area contributed by atoms with Crippen molar-refractivity contribution in [1.82, 2.24) is 9.34 Å². The van der Waals surface area contributed by atoms with Crippen molar-refractivity contribution < 1.29 is 103 Å². The normalized spacial score (nSPS) is 14.5. The molecule has 0 aromatic heterocycles. The summed E-state index contributed by atoms with van der Waals surface area (Å²) in [5, 5.41) is 28.4. The van der Waals surface area contributed by atoms with Gasteiger partial charge in [0, 0.05) is 75.5 Å². The summed E-state index contributed by atoms with van der Waals surface area (Å²) in [5.41, 5.74) is 0. The summed E-state index contributed by atoms with van der Waals surface area (Å²) in [5.74, 6) is 15.1. The van der Waals surface area contributed by atoms with Crippen LogP contribution in [0.2, 0.25) is 0 Å². The molecule has 0 amide bonds. The van der Waals surface area contributed by atoms with Crippen molar-refractivity contribution in [2.24, 2.45) is 0 Å². The molecule has 0 rings (SSSR count). The van der Waals surface area contributed by atoms with Crippen LogP contribution in [0, 0.1) is 97.7 Å². The van der Waals surface area contributed by atoms with Gasteiger partial charge in [0.15, 0.2) is 0 Å². The van der Waals surface area contributed by atoms with Crippen LogP contribution >= 0.6 is 32.0 Å². The van der Waals surface area contributed by atoms with E-state index in [0.29, 0.717) is 26.1 Å². The van der Waals surface area contributed by atoms with E-state index in [1.807, 2.05) is 0 Å². The lowest BCUT2D eigenvalue weighted by molar-refractivity contribution is -0.151. The van der Waals surface area contributed by atoms with E-state index in [4.69, 9.17) is 114 Å². The van der Waals surface area contributed by atoms with Crippen LogP contribution in [0.4, 0.5) is 0 Å². The molecule has 0 saturated carbocycles. The van der Waals surface area contributed by atoms with Crippen LogP contribution in [-0.4, -0.2) is 221 Å². The Morgan fingerprint density at radius 3 is 1.29 bits per heavy atom. The molecule has 0 heterocycles. The first-order chi connectivity index (χ1) is 45.1. The van der Waals surface area contributed by atoms with Gasteiger partial charge >= 0.3 is 19.5 Å². The zero-order chi connectivity index (χ0) is 74.3. The quantitative estimate of drug-likeness (QED) is 0.0193. The smallest absolute Gasteiger partial charge is 0.340 e. The van der Waals surface area contributed by atoms with Gasteiger partial charge < -0.3 is 80.5 Å². The third-order valence-electron chi connectivity index (χ3n) is 9.14. The zero-order valence-corrected chi connectivity index (χ0v) is 58.2. The predicted molar refractivity (Wildman–Crippen MR) is 351 cm³/mol. The summed E-state index contributed by atoms with van der Waals surface area (Å²) in [6.07, 6.45) is 35.1. The lowest BCUT2D eigenvalue weighted by Gasteiger charge is -2.36. The molecule has 0 aliphatic heterocycles. The summed E-state index contributed by atoms with van der Waals surface area (Å²) in [7, 11) is -4.50. The largest absolute Gasteiger partial charge is 0.469 e. The van der Waals surface area contributed by atoms with E-state index in [9.17, 15) is 23.8 Å². The Kier molecular flexibility index (Phi) is 66.7. The second kappa shape index (κ2) is 69.9. The van der Waals surface area contributed by atoms with Gasteiger partial charge in [0.1, 0.15) is 45.0 Å². The number of ether oxygens (including phenoxy) is 6. The first kappa shape index (κ1) is 85.0. The minimum absolute atomic E-state index is 0.0217. The highest BCUT2D eigenvalue weighted by molar-refractivity contribution is 7.73. The fraction of sp³-hybridized carbons (Fsp3) is 0.721. The number of hydrogen-bond acceptors (Lipinski definition) is 24. The molecule has 0 aromatic rings. The average Bonchev–Trinajstić information content (AvgIpc) is 1.17. The Labute approximate surface area is 547 Å². The van der Waals surface area contributed by atoms with Crippen molar-refractivity contribution in [1.29, 1.82) is 9.56 Å². The van der Waals surface area contributed by atoms with Gasteiger partial charge in [-0.2, -0.15) is 5.26 Å². The predicted octanol–water partition coefficient (Wildman–Crippen LogP) is 8.24. The molecular formula is C61H107N3O21P4. The van der Waals surface area contributed by atoms with Gasteiger partial charge in [0.25, 0.3) is 17.1 Å². The van der Waals surface area contributed by atoms with E-state index in [1.54, 1.807) is 0 Å². The minimum atomic E-state index is -3.80. The van der Waals surface area contributed by atoms with Gasteiger partial charge in [0.05, 0.1) is 104 Å². The van der Waals surface area contributed by atoms with Crippen LogP contribution in [0.15, 0.2) is 0 Å². The number of nitrogens with zero attached hydrogens (tertiary/aromatic N) is 3. The molecular weight excluding hydrogens is 1230 g/mol. The third-order valence-corrected chi connectivity index (χ3v) is 18.6. The lowest BCUT2D eigenvalue weighted by atomic mass is 10.3. The number of nitriles is 1. The van der Waals surface area contributed by atoms with Crippen LogP contribution in [0.5, 0.6) is 0 Å². The molecule has 28 heteroatoms. The van der Waals surface area contributed by atoms with Crippen LogP contribution < -0.4 is 0 Å². The molecule has 4 N–H and O–H groups in total. The number of rotatable bonds is 43. The molecule has 0 saturated heterocycles. The highest BCUT2D eigenvalue weighted by Gasteiger charge is 2.35. The van der Waals surface area contributed by atoms with E-state index in [-0.39, 0.29) is 149 Å². The first-order valence-corrected chi connectivity index (χ1v) is 33.7. The maximum atomic E-state index is 12.8. The fourth-order valence-electron chi connectivity index (χ4n) is 5.67. The number of methoxy groups -OCH3 is 1. The van der Waals surface area contributed by atoms with Crippen LogP contribution in [0.3, 0.4) is 0 Å². The van der Waals surface area contributed by atoms with Gasteiger partial charge in [-0.1, -0.05) is 23.7 Å². The van der Waals surface area contributed by atoms with E-state index in [1.165, 1.54) is 35.1 Å². The van der Waals surface area contributed by atoms with Crippen molar-refractivity contribution in [2.75, 3.05) is 127 Å². The molecule has 0 fully saturated rings. The zero-order valence-electron chi connectivity index (χ0n) is 60.7. The van der Waals surface area contributed by atoms with Crippen molar-refractivity contribution in [3.63, 3.8) is 0 Å². The Hall–Kier alpha value is -4.01. The monoisotopic (exact) mass is 1350 g/mol. The number of terminal acetylenes is 7. The number of aliphatic hydroxyl groups is 4. The molecule has 0 bridgehead atoms. The molecule has 8 unspecified atom stereocenters. The second-order valence-corrected chi connectivity index (χ2v) is 25.9. The van der Waals surface area contributed by atoms with E-state index >= 15 is 0 Å². The van der Waals surface area contributed by atoms with Gasteiger partial charge in [0.2, 0.25) is 11.7 Å². The molecule has 0 radical (unpaired) electrons. The molecule has 0 aliphatic rings. The minimum Gasteiger partial charge on any atom is -0.469 e. The number of carbonyl (C=O) groups is 2. The maximum Gasteiger partial charge on any atom is 0.340 e. The summed E-state index contributed by atoms with van der Waals surface area (Å²) < 4.78 is 138. The molecule has 24 nitrogen and oxygen atoms in total. The van der Waals surface area contributed by atoms with E-state index < -0.39 is 68.7 Å². The van der Waals surface area contributed by atoms with E-state index in [0.717, 1.165) is 0 Å². The standard InChI is InChI=1S/C16H28NO3P.C16H24O7P2.C15H27N2O3P.C11H16O5.3CH4O/c1-8-10-12-19-21(17(14(3)4)15(5)6)20-13-16(7)18-11-9-2;1-5-8-11-21-24(4,18)15-25(19,22-12-9-6-2)23-14-16(13-17)20-10-7-3;1-7-10-18-15(6)12-20-21(19-11-8-9-16)17(13(2)3)14(4)5;1-4-7-15-9(2)8-16-11(13)6-5-10(12)14-3;3*1-2/h1-2,14-16H,10-13H2,3-7H3;1-3,16-17H,8-15H2,4H3;1,13-15H,8,10-12H2,2-6H3;1,9H,5-8H2,2-3H3;3*2H,1H3/i7D;;6D;2D;3*2T. The van der Waals surface area contributed by atoms with Gasteiger partial charge in [-0.3, -0.25) is 18.7 Å². The molecule has 89 heavy (non-hydrogen) atoms. The summed E-state index contributed by atoms with van der Waals surface area (Å²) in [4.78, 5) is 21.9. The molecule has 0 aromatic carbocycles.